The lowest BCUT2D eigenvalue weighted by Crippen LogP contribution is -2.59. The second-order valence-electron chi connectivity index (χ2n) is 8.41. The van der Waals surface area contributed by atoms with Crippen molar-refractivity contribution in [2.75, 3.05) is 25.6 Å². The second kappa shape index (κ2) is 10.2. The molecule has 0 bridgehead atoms. The molecule has 4 aromatic heterocycles. The van der Waals surface area contributed by atoms with Crippen LogP contribution >= 0.6 is 11.3 Å². The number of amides is 1. The molecule has 0 unspecified atom stereocenters. The molecule has 12 heteroatoms. The summed E-state index contributed by atoms with van der Waals surface area (Å²) in [5.41, 5.74) is -1.57. The van der Waals surface area contributed by atoms with E-state index in [2.05, 4.69) is 25.7 Å². The van der Waals surface area contributed by atoms with Crippen LogP contribution in [0.5, 0.6) is 0 Å². The quantitative estimate of drug-likeness (QED) is 0.311. The molecule has 4 aromatic rings. The first kappa shape index (κ1) is 25.6. The molecule has 0 saturated heterocycles. The number of hydrogen-bond donors (Lipinski definition) is 2. The van der Waals surface area contributed by atoms with E-state index in [4.69, 9.17) is 4.74 Å². The van der Waals surface area contributed by atoms with Crippen LogP contribution in [0.1, 0.15) is 29.1 Å². The molecule has 0 spiro atoms. The van der Waals surface area contributed by atoms with E-state index < -0.39 is 23.5 Å². The number of pyridine rings is 1. The number of carbonyl (C=O) groups excluding carboxylic acids is 1. The SMILES string of the molecule is COCCNc1ccc(-c2cnc3c([C@](NC(=O)c4cccs4)(C(C)C)C(F)(F)F)cnn3c2)cn1. The Balaban J connectivity index is 1.71. The zero-order valence-electron chi connectivity index (χ0n) is 19.8. The van der Waals surface area contributed by atoms with E-state index in [0.717, 1.165) is 23.1 Å². The molecule has 1 atom stereocenters. The van der Waals surface area contributed by atoms with Gasteiger partial charge in [-0.3, -0.25) is 4.79 Å². The molecule has 0 saturated carbocycles. The molecule has 0 radical (unpaired) electrons. The van der Waals surface area contributed by atoms with Crippen molar-refractivity contribution in [1.29, 1.82) is 0 Å². The summed E-state index contributed by atoms with van der Waals surface area (Å²) in [6, 6.07) is 6.70. The summed E-state index contributed by atoms with van der Waals surface area (Å²) in [7, 11) is 1.61. The fraction of sp³-hybridized carbons (Fsp3) is 0.333. The summed E-state index contributed by atoms with van der Waals surface area (Å²) in [5.74, 6) is -1.19. The lowest BCUT2D eigenvalue weighted by atomic mass is 9.80. The Morgan fingerprint density at radius 2 is 1.92 bits per heavy atom. The number of nitrogens with zero attached hydrogens (tertiary/aromatic N) is 4. The molecule has 2 N–H and O–H groups in total. The minimum atomic E-state index is -4.81. The summed E-state index contributed by atoms with van der Waals surface area (Å²) in [5, 5.41) is 11.2. The van der Waals surface area contributed by atoms with Gasteiger partial charge >= 0.3 is 6.18 Å². The van der Waals surface area contributed by atoms with Crippen LogP contribution < -0.4 is 10.6 Å². The fourth-order valence-electron chi connectivity index (χ4n) is 3.97. The van der Waals surface area contributed by atoms with Crippen LogP contribution in [-0.2, 0) is 10.3 Å². The highest BCUT2D eigenvalue weighted by Gasteiger charge is 2.60. The number of halogens is 3. The van der Waals surface area contributed by atoms with Crippen molar-refractivity contribution in [1.82, 2.24) is 24.9 Å². The van der Waals surface area contributed by atoms with Gasteiger partial charge in [-0.2, -0.15) is 18.3 Å². The average Bonchev–Trinajstić information content (AvgIpc) is 3.52. The monoisotopic (exact) mass is 518 g/mol. The molecule has 4 rings (SSSR count). The number of thiophene rings is 1. The lowest BCUT2D eigenvalue weighted by molar-refractivity contribution is -0.210. The third-order valence-corrected chi connectivity index (χ3v) is 6.73. The summed E-state index contributed by atoms with van der Waals surface area (Å²) in [6.45, 7) is 3.96. The third-order valence-electron chi connectivity index (χ3n) is 5.86. The third kappa shape index (κ3) is 4.78. The van der Waals surface area contributed by atoms with Gasteiger partial charge in [0.1, 0.15) is 5.82 Å². The van der Waals surface area contributed by atoms with Crippen molar-refractivity contribution in [2.24, 2.45) is 5.92 Å². The predicted molar refractivity (Wildman–Crippen MR) is 131 cm³/mol. The topological polar surface area (TPSA) is 93.4 Å². The Morgan fingerprint density at radius 1 is 1.14 bits per heavy atom. The number of hydrogen-bond acceptors (Lipinski definition) is 7. The van der Waals surface area contributed by atoms with E-state index in [9.17, 15) is 18.0 Å². The lowest BCUT2D eigenvalue weighted by Gasteiger charge is -2.39. The molecule has 0 aliphatic carbocycles. The van der Waals surface area contributed by atoms with Crippen LogP contribution in [0.2, 0.25) is 0 Å². The highest BCUT2D eigenvalue weighted by Crippen LogP contribution is 2.46. The van der Waals surface area contributed by atoms with Crippen molar-refractivity contribution in [3.8, 4) is 11.1 Å². The normalized spacial score (nSPS) is 13.6. The van der Waals surface area contributed by atoms with Crippen LogP contribution in [0, 0.1) is 5.92 Å². The minimum absolute atomic E-state index is 0.00191. The maximum absolute atomic E-state index is 14.7. The fourth-order valence-corrected chi connectivity index (χ4v) is 4.59. The molecular weight excluding hydrogens is 493 g/mol. The Bertz CT molecular complexity index is 1320. The second-order valence-corrected chi connectivity index (χ2v) is 9.36. The number of carbonyl (C=O) groups is 1. The first-order valence-electron chi connectivity index (χ1n) is 11.1. The van der Waals surface area contributed by atoms with Crippen LogP contribution in [-0.4, -0.2) is 51.9 Å². The highest BCUT2D eigenvalue weighted by atomic mass is 32.1. The molecule has 8 nitrogen and oxygen atoms in total. The number of methoxy groups -OCH3 is 1. The summed E-state index contributed by atoms with van der Waals surface area (Å²) in [4.78, 5) is 21.6. The molecule has 0 fully saturated rings. The average molecular weight is 519 g/mol. The zero-order chi connectivity index (χ0) is 25.9. The van der Waals surface area contributed by atoms with Gasteiger partial charge in [-0.05, 0) is 29.5 Å². The van der Waals surface area contributed by atoms with Crippen molar-refractivity contribution in [2.45, 2.75) is 25.6 Å². The summed E-state index contributed by atoms with van der Waals surface area (Å²) in [6.07, 6.45) is 1.00. The van der Waals surface area contributed by atoms with Gasteiger partial charge in [-0.1, -0.05) is 19.9 Å². The summed E-state index contributed by atoms with van der Waals surface area (Å²) >= 11 is 1.07. The van der Waals surface area contributed by atoms with Gasteiger partial charge in [0.05, 0.1) is 23.2 Å². The smallest absolute Gasteiger partial charge is 0.383 e. The largest absolute Gasteiger partial charge is 0.416 e. The predicted octanol–water partition coefficient (Wildman–Crippen LogP) is 4.75. The molecule has 4 heterocycles. The van der Waals surface area contributed by atoms with Crippen molar-refractivity contribution in [3.05, 3.63) is 64.9 Å². The van der Waals surface area contributed by atoms with Crippen LogP contribution in [0.3, 0.4) is 0 Å². The number of fused-ring (bicyclic) bond motifs is 1. The van der Waals surface area contributed by atoms with E-state index in [1.807, 2.05) is 6.07 Å². The molecule has 0 aliphatic heterocycles. The Hall–Kier alpha value is -3.51. The Labute approximate surface area is 209 Å². The van der Waals surface area contributed by atoms with Crippen LogP contribution in [0.15, 0.2) is 54.4 Å². The standard InChI is InChI=1S/C24H25F3N6O2S/c1-15(2)23(24(25,26)27,32-22(34)19-5-4-10-36-19)18-13-31-33-14-17(12-30-21(18)33)16-6-7-20(29-11-16)28-8-9-35-3/h4-7,10-15H,8-9H2,1-3H3,(H,28,29)(H,32,34)/t23-/m1/s1. The first-order valence-corrected chi connectivity index (χ1v) is 12.0. The van der Waals surface area contributed by atoms with Crippen molar-refractivity contribution >= 4 is 28.7 Å². The molecular formula is C24H25F3N6O2S. The molecule has 1 amide bonds. The van der Waals surface area contributed by atoms with Gasteiger partial charge in [-0.25, -0.2) is 14.5 Å². The Kier molecular flexibility index (Phi) is 7.27. The van der Waals surface area contributed by atoms with Gasteiger partial charge in [0.25, 0.3) is 5.91 Å². The molecule has 0 aliphatic rings. The number of aromatic nitrogens is 4. The number of alkyl halides is 3. The van der Waals surface area contributed by atoms with Gasteiger partial charge in [0.15, 0.2) is 11.2 Å². The number of anilines is 1. The van der Waals surface area contributed by atoms with E-state index in [-0.39, 0.29) is 16.1 Å². The van der Waals surface area contributed by atoms with E-state index in [1.165, 1.54) is 30.6 Å². The number of ether oxygens (including phenoxy) is 1. The van der Waals surface area contributed by atoms with E-state index in [1.54, 1.807) is 37.0 Å². The minimum Gasteiger partial charge on any atom is -0.383 e. The Morgan fingerprint density at radius 3 is 2.53 bits per heavy atom. The molecule has 36 heavy (non-hydrogen) atoms. The maximum atomic E-state index is 14.7. The van der Waals surface area contributed by atoms with Gasteiger partial charge in [0.2, 0.25) is 0 Å². The first-order chi connectivity index (χ1) is 17.2. The maximum Gasteiger partial charge on any atom is 0.416 e. The van der Waals surface area contributed by atoms with Gasteiger partial charge in [-0.15, -0.1) is 11.3 Å². The van der Waals surface area contributed by atoms with Crippen LogP contribution in [0.4, 0.5) is 19.0 Å². The van der Waals surface area contributed by atoms with E-state index in [0.29, 0.717) is 24.5 Å². The summed E-state index contributed by atoms with van der Waals surface area (Å²) < 4.78 is 50.4. The van der Waals surface area contributed by atoms with Gasteiger partial charge in [0, 0.05) is 43.4 Å². The highest BCUT2D eigenvalue weighted by molar-refractivity contribution is 7.12. The van der Waals surface area contributed by atoms with Crippen molar-refractivity contribution in [3.63, 3.8) is 0 Å². The van der Waals surface area contributed by atoms with Crippen LogP contribution in [0.25, 0.3) is 16.8 Å². The van der Waals surface area contributed by atoms with E-state index >= 15 is 0 Å². The molecule has 0 aromatic carbocycles. The van der Waals surface area contributed by atoms with Crippen molar-refractivity contribution < 1.29 is 22.7 Å². The number of nitrogens with one attached hydrogen (secondary N) is 2. The molecule has 190 valence electrons. The number of rotatable bonds is 9. The zero-order valence-corrected chi connectivity index (χ0v) is 20.7. The van der Waals surface area contributed by atoms with Gasteiger partial charge < -0.3 is 15.4 Å².